The Labute approximate surface area is 185 Å². The predicted molar refractivity (Wildman–Crippen MR) is 122 cm³/mol. The van der Waals surface area contributed by atoms with E-state index < -0.39 is 6.04 Å². The molecular formula is C25H34N2O4. The van der Waals surface area contributed by atoms with Gasteiger partial charge in [-0.25, -0.2) is 0 Å². The van der Waals surface area contributed by atoms with Crippen LogP contribution in [-0.4, -0.2) is 42.5 Å². The number of nitrogens with zero attached hydrogens (tertiary/aromatic N) is 1. The van der Waals surface area contributed by atoms with Crippen LogP contribution in [0.4, 0.5) is 0 Å². The molecule has 0 aliphatic heterocycles. The first-order valence-electron chi connectivity index (χ1n) is 10.8. The van der Waals surface area contributed by atoms with Gasteiger partial charge in [-0.1, -0.05) is 44.2 Å². The summed E-state index contributed by atoms with van der Waals surface area (Å²) in [4.78, 5) is 27.8. The van der Waals surface area contributed by atoms with Gasteiger partial charge in [0.1, 0.15) is 17.5 Å². The molecule has 0 saturated carbocycles. The molecule has 31 heavy (non-hydrogen) atoms. The number of para-hydroxylation sites is 1. The van der Waals surface area contributed by atoms with Crippen LogP contribution in [0.15, 0.2) is 48.5 Å². The molecule has 2 aromatic rings. The lowest BCUT2D eigenvalue weighted by molar-refractivity contribution is -0.143. The van der Waals surface area contributed by atoms with E-state index in [0.717, 1.165) is 23.3 Å². The molecule has 0 spiro atoms. The zero-order valence-electron chi connectivity index (χ0n) is 19.2. The average molecular weight is 427 g/mol. The van der Waals surface area contributed by atoms with Crippen molar-refractivity contribution in [2.24, 2.45) is 0 Å². The number of carbonyl (C=O) groups is 2. The van der Waals surface area contributed by atoms with Crippen molar-refractivity contribution in [2.75, 3.05) is 13.7 Å². The summed E-state index contributed by atoms with van der Waals surface area (Å²) in [5, 5.41) is 3.01. The smallest absolute Gasteiger partial charge is 0.261 e. The summed E-state index contributed by atoms with van der Waals surface area (Å²) in [6.45, 7) is 8.00. The summed E-state index contributed by atoms with van der Waals surface area (Å²) in [5.74, 6) is 1.03. The molecule has 0 aromatic heterocycles. The SMILES string of the molecule is CC[C@H](C(=O)N[C@@H](C)CC)N(Cc1ccc(OC)cc1)C(=O)COc1ccccc1C. The highest BCUT2D eigenvalue weighted by molar-refractivity contribution is 5.88. The normalized spacial score (nSPS) is 12.5. The number of aryl methyl sites for hydroxylation is 1. The lowest BCUT2D eigenvalue weighted by Crippen LogP contribution is -2.51. The molecule has 0 radical (unpaired) electrons. The number of nitrogens with one attached hydrogen (secondary N) is 1. The molecule has 2 atom stereocenters. The van der Waals surface area contributed by atoms with Gasteiger partial charge >= 0.3 is 0 Å². The first kappa shape index (κ1) is 24.3. The van der Waals surface area contributed by atoms with Crippen LogP contribution in [0.2, 0.25) is 0 Å². The number of hydrogen-bond acceptors (Lipinski definition) is 4. The lowest BCUT2D eigenvalue weighted by Gasteiger charge is -2.31. The minimum Gasteiger partial charge on any atom is -0.497 e. The van der Waals surface area contributed by atoms with Crippen LogP contribution in [0.3, 0.4) is 0 Å². The van der Waals surface area contributed by atoms with Crippen LogP contribution in [0, 0.1) is 6.92 Å². The minimum atomic E-state index is -0.580. The Kier molecular flexibility index (Phi) is 9.38. The Morgan fingerprint density at radius 1 is 1.03 bits per heavy atom. The topological polar surface area (TPSA) is 67.9 Å². The zero-order chi connectivity index (χ0) is 22.8. The zero-order valence-corrected chi connectivity index (χ0v) is 19.2. The largest absolute Gasteiger partial charge is 0.497 e. The van der Waals surface area contributed by atoms with E-state index in [1.165, 1.54) is 0 Å². The van der Waals surface area contributed by atoms with Gasteiger partial charge in [0.25, 0.3) is 5.91 Å². The molecule has 1 N–H and O–H groups in total. The third-order valence-electron chi connectivity index (χ3n) is 5.34. The molecule has 6 heteroatoms. The van der Waals surface area contributed by atoms with E-state index in [2.05, 4.69) is 5.32 Å². The Hall–Kier alpha value is -3.02. The molecule has 2 rings (SSSR count). The van der Waals surface area contributed by atoms with Gasteiger partial charge in [0.05, 0.1) is 7.11 Å². The molecule has 168 valence electrons. The van der Waals surface area contributed by atoms with Crippen molar-refractivity contribution >= 4 is 11.8 Å². The van der Waals surface area contributed by atoms with Crippen molar-refractivity contribution < 1.29 is 19.1 Å². The Morgan fingerprint density at radius 2 is 1.71 bits per heavy atom. The number of amides is 2. The van der Waals surface area contributed by atoms with Gasteiger partial charge in [-0.2, -0.15) is 0 Å². The number of hydrogen-bond donors (Lipinski definition) is 1. The van der Waals surface area contributed by atoms with Crippen molar-refractivity contribution in [3.8, 4) is 11.5 Å². The molecule has 0 aliphatic rings. The van der Waals surface area contributed by atoms with Gasteiger partial charge in [-0.3, -0.25) is 9.59 Å². The second-order valence-corrected chi connectivity index (χ2v) is 7.67. The van der Waals surface area contributed by atoms with Gasteiger partial charge in [0.2, 0.25) is 5.91 Å². The van der Waals surface area contributed by atoms with Crippen molar-refractivity contribution in [1.29, 1.82) is 0 Å². The maximum atomic E-state index is 13.2. The molecule has 6 nitrogen and oxygen atoms in total. The molecule has 0 aliphatic carbocycles. The van der Waals surface area contributed by atoms with Crippen molar-refractivity contribution in [1.82, 2.24) is 10.2 Å². The van der Waals surface area contributed by atoms with Crippen molar-refractivity contribution in [2.45, 2.75) is 59.2 Å². The van der Waals surface area contributed by atoms with Crippen LogP contribution in [0.5, 0.6) is 11.5 Å². The van der Waals surface area contributed by atoms with Gasteiger partial charge in [-0.05, 0) is 56.0 Å². The first-order chi connectivity index (χ1) is 14.9. The van der Waals surface area contributed by atoms with Gasteiger partial charge in [0.15, 0.2) is 6.61 Å². The van der Waals surface area contributed by atoms with E-state index in [1.54, 1.807) is 12.0 Å². The van der Waals surface area contributed by atoms with Crippen LogP contribution >= 0.6 is 0 Å². The summed E-state index contributed by atoms with van der Waals surface area (Å²) in [5.41, 5.74) is 1.87. The standard InChI is InChI=1S/C25H34N2O4/c1-6-19(4)26-25(29)22(7-2)27(16-20-12-14-21(30-5)15-13-20)24(28)17-31-23-11-9-8-10-18(23)3/h8-15,19,22H,6-7,16-17H2,1-5H3,(H,26,29)/t19-,22+/m0/s1. The Morgan fingerprint density at radius 3 is 2.29 bits per heavy atom. The molecule has 0 fully saturated rings. The molecule has 0 heterocycles. The average Bonchev–Trinajstić information content (AvgIpc) is 2.78. The molecule has 2 amide bonds. The summed E-state index contributed by atoms with van der Waals surface area (Å²) in [7, 11) is 1.61. The molecular weight excluding hydrogens is 392 g/mol. The van der Waals surface area contributed by atoms with Crippen LogP contribution in [0.1, 0.15) is 44.7 Å². The number of rotatable bonds is 11. The molecule has 2 aromatic carbocycles. The van der Waals surface area contributed by atoms with Gasteiger partial charge in [0, 0.05) is 12.6 Å². The Bertz CT molecular complexity index is 851. The molecule has 0 bridgehead atoms. The monoisotopic (exact) mass is 426 g/mol. The van der Waals surface area contributed by atoms with Crippen LogP contribution in [0.25, 0.3) is 0 Å². The minimum absolute atomic E-state index is 0.0442. The van der Waals surface area contributed by atoms with E-state index >= 15 is 0 Å². The van der Waals surface area contributed by atoms with Crippen molar-refractivity contribution in [3.63, 3.8) is 0 Å². The fourth-order valence-electron chi connectivity index (χ4n) is 3.23. The molecule has 0 unspecified atom stereocenters. The lowest BCUT2D eigenvalue weighted by atomic mass is 10.1. The second kappa shape index (κ2) is 12.0. The fraction of sp³-hybridized carbons (Fsp3) is 0.440. The Balaban J connectivity index is 2.22. The third-order valence-corrected chi connectivity index (χ3v) is 5.34. The van der Waals surface area contributed by atoms with Gasteiger partial charge in [-0.15, -0.1) is 0 Å². The van der Waals surface area contributed by atoms with Gasteiger partial charge < -0.3 is 19.7 Å². The third kappa shape index (κ3) is 7.02. The fourth-order valence-corrected chi connectivity index (χ4v) is 3.23. The van der Waals surface area contributed by atoms with E-state index in [4.69, 9.17) is 9.47 Å². The van der Waals surface area contributed by atoms with E-state index in [1.807, 2.05) is 76.2 Å². The summed E-state index contributed by atoms with van der Waals surface area (Å²) < 4.78 is 11.0. The summed E-state index contributed by atoms with van der Waals surface area (Å²) in [6.07, 6.45) is 1.33. The number of ether oxygens (including phenoxy) is 2. The highest BCUT2D eigenvalue weighted by Crippen LogP contribution is 2.19. The predicted octanol–water partition coefficient (Wildman–Crippen LogP) is 4.10. The number of carbonyl (C=O) groups excluding carboxylic acids is 2. The summed E-state index contributed by atoms with van der Waals surface area (Å²) in [6, 6.07) is 14.5. The van der Waals surface area contributed by atoms with Crippen LogP contribution in [-0.2, 0) is 16.1 Å². The van der Waals surface area contributed by atoms with E-state index in [0.29, 0.717) is 18.7 Å². The summed E-state index contributed by atoms with van der Waals surface area (Å²) >= 11 is 0. The quantitative estimate of drug-likeness (QED) is 0.587. The van der Waals surface area contributed by atoms with Crippen LogP contribution < -0.4 is 14.8 Å². The van der Waals surface area contributed by atoms with E-state index in [-0.39, 0.29) is 24.5 Å². The second-order valence-electron chi connectivity index (χ2n) is 7.67. The highest BCUT2D eigenvalue weighted by atomic mass is 16.5. The maximum absolute atomic E-state index is 13.2. The first-order valence-corrected chi connectivity index (χ1v) is 10.8. The number of methoxy groups -OCH3 is 1. The van der Waals surface area contributed by atoms with Crippen molar-refractivity contribution in [3.05, 3.63) is 59.7 Å². The van der Waals surface area contributed by atoms with E-state index in [9.17, 15) is 9.59 Å². The maximum Gasteiger partial charge on any atom is 0.261 e. The highest BCUT2D eigenvalue weighted by Gasteiger charge is 2.29. The number of benzene rings is 2. The molecule has 0 saturated heterocycles.